The van der Waals surface area contributed by atoms with Crippen molar-refractivity contribution in [3.05, 3.63) is 58.9 Å². The molecule has 0 aliphatic carbocycles. The number of benzene rings is 1. The quantitative estimate of drug-likeness (QED) is 0.775. The summed E-state index contributed by atoms with van der Waals surface area (Å²) in [6, 6.07) is 9.02. The molecule has 3 heteroatoms. The molecule has 0 saturated carbocycles. The van der Waals surface area contributed by atoms with Crippen LogP contribution < -0.4 is 4.74 Å². The number of aryl methyl sites for hydroxylation is 2. The van der Waals surface area contributed by atoms with Gasteiger partial charge in [0.2, 0.25) is 5.78 Å². The molecule has 0 aliphatic rings. The van der Waals surface area contributed by atoms with Gasteiger partial charge in [-0.25, -0.2) is 0 Å². The molecule has 18 heavy (non-hydrogen) atoms. The summed E-state index contributed by atoms with van der Waals surface area (Å²) in [5.41, 5.74) is 3.08. The largest absolute Gasteiger partial charge is 0.497 e. The lowest BCUT2D eigenvalue weighted by atomic mass is 10.0. The standard InChI is InChI=1S/C15H15NO2/c1-10-8-11(2)14(16-9-10)15(17)12-4-6-13(18-3)7-5-12/h4-9H,1-3H3. The smallest absolute Gasteiger partial charge is 0.211 e. The molecule has 1 heterocycles. The summed E-state index contributed by atoms with van der Waals surface area (Å²) in [6.45, 7) is 3.86. The molecule has 0 atom stereocenters. The monoisotopic (exact) mass is 241 g/mol. The number of carbonyl (C=O) groups excluding carboxylic acids is 1. The molecule has 0 bridgehead atoms. The van der Waals surface area contributed by atoms with E-state index in [1.165, 1.54) is 0 Å². The molecule has 0 aliphatic heterocycles. The fraction of sp³-hybridized carbons (Fsp3) is 0.200. The van der Waals surface area contributed by atoms with Gasteiger partial charge in [0.15, 0.2) is 0 Å². The van der Waals surface area contributed by atoms with Crippen molar-refractivity contribution >= 4 is 5.78 Å². The molecule has 0 radical (unpaired) electrons. The summed E-state index contributed by atoms with van der Waals surface area (Å²) in [5.74, 6) is 0.676. The Hall–Kier alpha value is -2.16. The molecular formula is C15H15NO2. The van der Waals surface area contributed by atoms with Gasteiger partial charge in [-0.2, -0.15) is 0 Å². The van der Waals surface area contributed by atoms with E-state index >= 15 is 0 Å². The van der Waals surface area contributed by atoms with Crippen molar-refractivity contribution in [2.45, 2.75) is 13.8 Å². The van der Waals surface area contributed by atoms with Crippen molar-refractivity contribution in [2.75, 3.05) is 7.11 Å². The number of ether oxygens (including phenoxy) is 1. The molecule has 0 amide bonds. The Bertz CT molecular complexity index is 574. The maximum absolute atomic E-state index is 12.3. The van der Waals surface area contributed by atoms with E-state index in [2.05, 4.69) is 4.98 Å². The highest BCUT2D eigenvalue weighted by atomic mass is 16.5. The third-order valence-corrected chi connectivity index (χ3v) is 2.78. The molecular weight excluding hydrogens is 226 g/mol. The van der Waals surface area contributed by atoms with Gasteiger partial charge in [-0.05, 0) is 49.2 Å². The van der Waals surface area contributed by atoms with E-state index in [9.17, 15) is 4.79 Å². The molecule has 1 aromatic heterocycles. The van der Waals surface area contributed by atoms with E-state index < -0.39 is 0 Å². The van der Waals surface area contributed by atoms with Crippen LogP contribution in [0.2, 0.25) is 0 Å². The van der Waals surface area contributed by atoms with Crippen molar-refractivity contribution in [3.8, 4) is 5.75 Å². The number of pyridine rings is 1. The van der Waals surface area contributed by atoms with E-state index in [0.717, 1.165) is 16.9 Å². The van der Waals surface area contributed by atoms with Crippen molar-refractivity contribution in [1.29, 1.82) is 0 Å². The zero-order valence-corrected chi connectivity index (χ0v) is 10.7. The van der Waals surface area contributed by atoms with Gasteiger partial charge < -0.3 is 4.74 Å². The Balaban J connectivity index is 2.35. The Labute approximate surface area is 106 Å². The fourth-order valence-corrected chi connectivity index (χ4v) is 1.83. The van der Waals surface area contributed by atoms with Crippen LogP contribution in [0.25, 0.3) is 0 Å². The van der Waals surface area contributed by atoms with Crippen LogP contribution in [-0.4, -0.2) is 17.9 Å². The van der Waals surface area contributed by atoms with Crippen LogP contribution in [0.4, 0.5) is 0 Å². The first kappa shape index (κ1) is 12.3. The van der Waals surface area contributed by atoms with Crippen molar-refractivity contribution < 1.29 is 9.53 Å². The first-order chi connectivity index (χ1) is 8.61. The number of nitrogens with zero attached hydrogens (tertiary/aromatic N) is 1. The van der Waals surface area contributed by atoms with Gasteiger partial charge in [0, 0.05) is 11.8 Å². The molecule has 1 aromatic carbocycles. The summed E-state index contributed by atoms with van der Waals surface area (Å²) in [4.78, 5) is 16.5. The minimum atomic E-state index is -0.0600. The maximum atomic E-state index is 12.3. The number of aromatic nitrogens is 1. The molecule has 0 unspecified atom stereocenters. The van der Waals surface area contributed by atoms with Crippen LogP contribution in [0, 0.1) is 13.8 Å². The van der Waals surface area contributed by atoms with Crippen molar-refractivity contribution in [1.82, 2.24) is 4.98 Å². The second kappa shape index (κ2) is 5.00. The highest BCUT2D eigenvalue weighted by Crippen LogP contribution is 2.16. The minimum absolute atomic E-state index is 0.0600. The topological polar surface area (TPSA) is 39.2 Å². The van der Waals surface area contributed by atoms with E-state index in [-0.39, 0.29) is 5.78 Å². The lowest BCUT2D eigenvalue weighted by molar-refractivity contribution is 0.103. The fourth-order valence-electron chi connectivity index (χ4n) is 1.83. The number of carbonyl (C=O) groups is 1. The van der Waals surface area contributed by atoms with E-state index in [0.29, 0.717) is 11.3 Å². The summed E-state index contributed by atoms with van der Waals surface area (Å²) < 4.78 is 5.07. The summed E-state index contributed by atoms with van der Waals surface area (Å²) >= 11 is 0. The average molecular weight is 241 g/mol. The van der Waals surface area contributed by atoms with Gasteiger partial charge >= 0.3 is 0 Å². The zero-order chi connectivity index (χ0) is 13.1. The first-order valence-corrected chi connectivity index (χ1v) is 5.74. The van der Waals surface area contributed by atoms with Gasteiger partial charge in [-0.3, -0.25) is 9.78 Å². The molecule has 3 nitrogen and oxygen atoms in total. The predicted octanol–water partition coefficient (Wildman–Crippen LogP) is 2.94. The van der Waals surface area contributed by atoms with Crippen LogP contribution in [-0.2, 0) is 0 Å². The lowest BCUT2D eigenvalue weighted by Gasteiger charge is -2.06. The maximum Gasteiger partial charge on any atom is 0.211 e. The van der Waals surface area contributed by atoms with Crippen LogP contribution >= 0.6 is 0 Å². The van der Waals surface area contributed by atoms with E-state index in [1.54, 1.807) is 37.6 Å². The SMILES string of the molecule is COc1ccc(C(=O)c2ncc(C)cc2C)cc1. The number of rotatable bonds is 3. The molecule has 0 spiro atoms. The normalized spacial score (nSPS) is 10.2. The van der Waals surface area contributed by atoms with Crippen LogP contribution in [0.1, 0.15) is 27.2 Å². The van der Waals surface area contributed by atoms with Gasteiger partial charge in [-0.1, -0.05) is 6.07 Å². The van der Waals surface area contributed by atoms with Crippen molar-refractivity contribution in [3.63, 3.8) is 0 Å². The first-order valence-electron chi connectivity index (χ1n) is 5.74. The molecule has 0 fully saturated rings. The Morgan fingerprint density at radius 2 is 1.83 bits per heavy atom. The third-order valence-electron chi connectivity index (χ3n) is 2.78. The summed E-state index contributed by atoms with van der Waals surface area (Å²) in [6.07, 6.45) is 1.71. The van der Waals surface area contributed by atoms with Crippen LogP contribution in [0.3, 0.4) is 0 Å². The number of methoxy groups -OCH3 is 1. The second-order valence-corrected chi connectivity index (χ2v) is 4.24. The minimum Gasteiger partial charge on any atom is -0.497 e. The van der Waals surface area contributed by atoms with Gasteiger partial charge in [0.25, 0.3) is 0 Å². The highest BCUT2D eigenvalue weighted by molar-refractivity contribution is 6.08. The van der Waals surface area contributed by atoms with Gasteiger partial charge in [-0.15, -0.1) is 0 Å². The number of ketones is 1. The average Bonchev–Trinajstić information content (AvgIpc) is 2.38. The van der Waals surface area contributed by atoms with Crippen LogP contribution in [0.5, 0.6) is 5.75 Å². The zero-order valence-electron chi connectivity index (χ0n) is 10.7. The highest BCUT2D eigenvalue weighted by Gasteiger charge is 2.13. The predicted molar refractivity (Wildman–Crippen MR) is 70.1 cm³/mol. The molecule has 0 N–H and O–H groups in total. The Morgan fingerprint density at radius 1 is 1.17 bits per heavy atom. The third kappa shape index (κ3) is 2.40. The molecule has 2 aromatic rings. The Morgan fingerprint density at radius 3 is 2.39 bits per heavy atom. The van der Waals surface area contributed by atoms with Gasteiger partial charge in [0.1, 0.15) is 11.4 Å². The molecule has 0 saturated heterocycles. The van der Waals surface area contributed by atoms with E-state index in [1.807, 2.05) is 19.9 Å². The second-order valence-electron chi connectivity index (χ2n) is 4.24. The molecule has 92 valence electrons. The Kier molecular flexibility index (Phi) is 3.42. The van der Waals surface area contributed by atoms with Gasteiger partial charge in [0.05, 0.1) is 7.11 Å². The lowest BCUT2D eigenvalue weighted by Crippen LogP contribution is -2.06. The number of hydrogen-bond donors (Lipinski definition) is 0. The van der Waals surface area contributed by atoms with E-state index in [4.69, 9.17) is 4.74 Å². The summed E-state index contributed by atoms with van der Waals surface area (Å²) in [5, 5.41) is 0. The van der Waals surface area contributed by atoms with Crippen LogP contribution in [0.15, 0.2) is 36.5 Å². The molecule has 2 rings (SSSR count). The summed E-state index contributed by atoms with van der Waals surface area (Å²) in [7, 11) is 1.60. The van der Waals surface area contributed by atoms with Crippen molar-refractivity contribution in [2.24, 2.45) is 0 Å². The number of hydrogen-bond acceptors (Lipinski definition) is 3.